The number of hydrogen-bond donors (Lipinski definition) is 1. The molecule has 0 aliphatic carbocycles. The summed E-state index contributed by atoms with van der Waals surface area (Å²) in [6, 6.07) is 1.78. The highest BCUT2D eigenvalue weighted by atomic mass is 16.5. The number of rotatable bonds is 5. The Morgan fingerprint density at radius 1 is 1.47 bits per heavy atom. The second kappa shape index (κ2) is 6.66. The van der Waals surface area contributed by atoms with Gasteiger partial charge in [0.2, 0.25) is 5.88 Å². The lowest BCUT2D eigenvalue weighted by Crippen LogP contribution is -2.03. The van der Waals surface area contributed by atoms with E-state index in [0.717, 1.165) is 18.8 Å². The molecule has 0 spiro atoms. The summed E-state index contributed by atoms with van der Waals surface area (Å²) in [6.45, 7) is 5.14. The molecule has 80 valence electrons. The Morgan fingerprint density at radius 3 is 3.07 bits per heavy atom. The number of ether oxygens (including phenoxy) is 1. The Kier molecular flexibility index (Phi) is 5.02. The number of nitrogens with one attached hydrogen (secondary N) is 1. The maximum Gasteiger partial charge on any atom is 0.218 e. The molecule has 0 aromatic carbocycles. The van der Waals surface area contributed by atoms with Gasteiger partial charge in [-0.2, -0.15) is 0 Å². The second-order valence-corrected chi connectivity index (χ2v) is 2.78. The van der Waals surface area contributed by atoms with Crippen LogP contribution in [0.25, 0.3) is 0 Å². The van der Waals surface area contributed by atoms with Crippen LogP contribution in [0.3, 0.4) is 0 Å². The van der Waals surface area contributed by atoms with Gasteiger partial charge < -0.3 is 10.1 Å². The molecule has 0 saturated heterocycles. The largest absolute Gasteiger partial charge is 0.478 e. The molecule has 0 atom stereocenters. The molecule has 1 rings (SSSR count). The third-order valence-corrected chi connectivity index (χ3v) is 1.67. The smallest absolute Gasteiger partial charge is 0.218 e. The van der Waals surface area contributed by atoms with Crippen molar-refractivity contribution in [3.63, 3.8) is 0 Å². The zero-order valence-corrected chi connectivity index (χ0v) is 9.08. The summed E-state index contributed by atoms with van der Waals surface area (Å²) in [6.07, 6.45) is 2.29. The van der Waals surface area contributed by atoms with Crippen molar-refractivity contribution in [3.05, 3.63) is 12.4 Å². The zero-order chi connectivity index (χ0) is 10.9. The molecular weight excluding hydrogens is 190 g/mol. The van der Waals surface area contributed by atoms with Gasteiger partial charge in [0.25, 0.3) is 0 Å². The minimum absolute atomic E-state index is 0.594. The molecular formula is C11H15N3O. The fraction of sp³-hybridized carbons (Fsp3) is 0.455. The average Bonchev–Trinajstić information content (AvgIpc) is 2.26. The first-order chi connectivity index (χ1) is 7.36. The molecule has 0 fully saturated rings. The third kappa shape index (κ3) is 4.32. The van der Waals surface area contributed by atoms with Gasteiger partial charge in [-0.05, 0) is 13.8 Å². The topological polar surface area (TPSA) is 47.0 Å². The van der Waals surface area contributed by atoms with Crippen LogP contribution in [-0.4, -0.2) is 23.1 Å². The van der Waals surface area contributed by atoms with E-state index in [-0.39, 0.29) is 0 Å². The van der Waals surface area contributed by atoms with Gasteiger partial charge in [0.1, 0.15) is 12.1 Å². The van der Waals surface area contributed by atoms with Gasteiger partial charge in [0.05, 0.1) is 6.61 Å². The summed E-state index contributed by atoms with van der Waals surface area (Å²) in [5, 5.41) is 3.14. The van der Waals surface area contributed by atoms with Crippen molar-refractivity contribution in [2.75, 3.05) is 18.5 Å². The Morgan fingerprint density at radius 2 is 2.33 bits per heavy atom. The van der Waals surface area contributed by atoms with E-state index in [2.05, 4.69) is 27.1 Å². The van der Waals surface area contributed by atoms with Gasteiger partial charge in [-0.1, -0.05) is 0 Å². The van der Waals surface area contributed by atoms with Crippen molar-refractivity contribution >= 4 is 5.82 Å². The van der Waals surface area contributed by atoms with Crippen molar-refractivity contribution in [1.29, 1.82) is 0 Å². The van der Waals surface area contributed by atoms with Gasteiger partial charge in [0.15, 0.2) is 0 Å². The highest BCUT2D eigenvalue weighted by Gasteiger charge is 1.97. The van der Waals surface area contributed by atoms with E-state index in [1.165, 1.54) is 6.33 Å². The number of aromatic nitrogens is 2. The number of anilines is 1. The van der Waals surface area contributed by atoms with E-state index in [9.17, 15) is 0 Å². The second-order valence-electron chi connectivity index (χ2n) is 2.78. The first kappa shape index (κ1) is 11.3. The van der Waals surface area contributed by atoms with Crippen molar-refractivity contribution in [3.8, 4) is 17.7 Å². The molecule has 0 aliphatic heterocycles. The van der Waals surface area contributed by atoms with E-state index in [1.807, 2.05) is 13.8 Å². The van der Waals surface area contributed by atoms with Crippen molar-refractivity contribution in [2.24, 2.45) is 0 Å². The van der Waals surface area contributed by atoms with Crippen LogP contribution in [0.15, 0.2) is 12.4 Å². The van der Waals surface area contributed by atoms with Crippen LogP contribution in [-0.2, 0) is 0 Å². The lowest BCUT2D eigenvalue weighted by Gasteiger charge is -2.05. The molecule has 0 bridgehead atoms. The molecule has 0 amide bonds. The molecule has 1 aromatic rings. The zero-order valence-electron chi connectivity index (χ0n) is 9.08. The van der Waals surface area contributed by atoms with Crippen LogP contribution in [0, 0.1) is 11.8 Å². The molecule has 4 nitrogen and oxygen atoms in total. The van der Waals surface area contributed by atoms with E-state index in [0.29, 0.717) is 12.5 Å². The minimum Gasteiger partial charge on any atom is -0.478 e. The average molecular weight is 205 g/mol. The fourth-order valence-corrected chi connectivity index (χ4v) is 1.04. The summed E-state index contributed by atoms with van der Waals surface area (Å²) in [4.78, 5) is 8.04. The van der Waals surface area contributed by atoms with Crippen LogP contribution in [0.5, 0.6) is 5.88 Å². The fourth-order valence-electron chi connectivity index (χ4n) is 1.04. The van der Waals surface area contributed by atoms with Gasteiger partial charge >= 0.3 is 0 Å². The van der Waals surface area contributed by atoms with Crippen molar-refractivity contribution < 1.29 is 4.74 Å². The molecule has 0 radical (unpaired) electrons. The molecule has 4 heteroatoms. The maximum atomic E-state index is 5.25. The minimum atomic E-state index is 0.594. The van der Waals surface area contributed by atoms with Gasteiger partial charge in [-0.3, -0.25) is 0 Å². The molecule has 1 heterocycles. The van der Waals surface area contributed by atoms with Crippen LogP contribution in [0.4, 0.5) is 5.82 Å². The first-order valence-electron chi connectivity index (χ1n) is 4.95. The highest BCUT2D eigenvalue weighted by molar-refractivity contribution is 5.37. The van der Waals surface area contributed by atoms with Crippen molar-refractivity contribution in [2.45, 2.75) is 20.3 Å². The Labute approximate surface area is 90.1 Å². The Balaban J connectivity index is 2.45. The predicted octanol–water partition coefficient (Wildman–Crippen LogP) is 1.70. The quantitative estimate of drug-likeness (QED) is 0.587. The number of nitrogens with zero attached hydrogens (tertiary/aromatic N) is 2. The summed E-state index contributed by atoms with van der Waals surface area (Å²) >= 11 is 0. The summed E-state index contributed by atoms with van der Waals surface area (Å²) < 4.78 is 5.25. The standard InChI is InChI=1S/C11H15N3O/c1-3-5-6-7-12-10-8-11(15-4-2)14-9-13-10/h8-9H,4,6-7H2,1-2H3,(H,12,13,14). The summed E-state index contributed by atoms with van der Waals surface area (Å²) in [5.74, 6) is 7.17. The lowest BCUT2D eigenvalue weighted by molar-refractivity contribution is 0.326. The molecule has 0 aliphatic rings. The normalized spacial score (nSPS) is 8.93. The molecule has 0 saturated carbocycles. The third-order valence-electron chi connectivity index (χ3n) is 1.67. The first-order valence-corrected chi connectivity index (χ1v) is 4.95. The van der Waals surface area contributed by atoms with E-state index < -0.39 is 0 Å². The van der Waals surface area contributed by atoms with Gasteiger partial charge in [-0.25, -0.2) is 9.97 Å². The molecule has 1 aromatic heterocycles. The predicted molar refractivity (Wildman–Crippen MR) is 59.8 cm³/mol. The SMILES string of the molecule is CC#CCCNc1cc(OCC)ncn1. The lowest BCUT2D eigenvalue weighted by atomic mass is 10.4. The van der Waals surface area contributed by atoms with Crippen LogP contribution in [0.2, 0.25) is 0 Å². The summed E-state index contributed by atoms with van der Waals surface area (Å²) in [5.41, 5.74) is 0. The van der Waals surface area contributed by atoms with Crippen LogP contribution < -0.4 is 10.1 Å². The van der Waals surface area contributed by atoms with E-state index in [1.54, 1.807) is 6.07 Å². The monoisotopic (exact) mass is 205 g/mol. The van der Waals surface area contributed by atoms with Crippen molar-refractivity contribution in [1.82, 2.24) is 9.97 Å². The molecule has 15 heavy (non-hydrogen) atoms. The van der Waals surface area contributed by atoms with Gasteiger partial charge in [0, 0.05) is 19.0 Å². The maximum absolute atomic E-state index is 5.25. The van der Waals surface area contributed by atoms with Crippen LogP contribution in [0.1, 0.15) is 20.3 Å². The van der Waals surface area contributed by atoms with Gasteiger partial charge in [-0.15, -0.1) is 11.8 Å². The summed E-state index contributed by atoms with van der Waals surface area (Å²) in [7, 11) is 0. The molecule has 0 unspecified atom stereocenters. The highest BCUT2D eigenvalue weighted by Crippen LogP contribution is 2.10. The van der Waals surface area contributed by atoms with E-state index >= 15 is 0 Å². The number of hydrogen-bond acceptors (Lipinski definition) is 4. The van der Waals surface area contributed by atoms with E-state index in [4.69, 9.17) is 4.74 Å². The molecule has 1 N–H and O–H groups in total. The van der Waals surface area contributed by atoms with Crippen LogP contribution >= 0.6 is 0 Å². The Bertz CT molecular complexity index is 354. The Hall–Kier alpha value is -1.76.